The molecule has 21 heavy (non-hydrogen) atoms. The summed E-state index contributed by atoms with van der Waals surface area (Å²) in [6.07, 6.45) is 12.0. The van der Waals surface area contributed by atoms with Gasteiger partial charge in [0.05, 0.1) is 12.7 Å². The molecule has 108 valence electrons. The van der Waals surface area contributed by atoms with Crippen molar-refractivity contribution in [1.82, 2.24) is 0 Å². The standard InChI is InChI=1S/C16H16N2O3/c1-20-14-7-3-2-5-11(14)9-13-16(19)21-15(18-13)12-6-4-8-17-10-12/h3,6-7,9-10H,2,4-5,8H2,1H3/b13-9-. The molecule has 0 radical (unpaired) electrons. The first-order valence-corrected chi connectivity index (χ1v) is 6.94. The summed E-state index contributed by atoms with van der Waals surface area (Å²) < 4.78 is 10.5. The zero-order chi connectivity index (χ0) is 14.7. The summed E-state index contributed by atoms with van der Waals surface area (Å²) >= 11 is 0. The third-order valence-corrected chi connectivity index (χ3v) is 3.42. The fourth-order valence-corrected chi connectivity index (χ4v) is 2.35. The predicted octanol–water partition coefficient (Wildman–Crippen LogP) is 2.48. The molecule has 0 aromatic rings. The second kappa shape index (κ2) is 5.91. The Morgan fingerprint density at radius 2 is 2.29 bits per heavy atom. The number of dihydropyridines is 1. The number of hydrogen-bond acceptors (Lipinski definition) is 5. The van der Waals surface area contributed by atoms with E-state index >= 15 is 0 Å². The van der Waals surface area contributed by atoms with Gasteiger partial charge in [0.2, 0.25) is 5.90 Å². The van der Waals surface area contributed by atoms with Crippen molar-refractivity contribution >= 4 is 18.1 Å². The highest BCUT2D eigenvalue weighted by molar-refractivity contribution is 6.20. The Kier molecular flexibility index (Phi) is 3.81. The molecule has 5 heteroatoms. The summed E-state index contributed by atoms with van der Waals surface area (Å²) in [5.41, 5.74) is 2.04. The van der Waals surface area contributed by atoms with Gasteiger partial charge in [-0.1, -0.05) is 12.2 Å². The lowest BCUT2D eigenvalue weighted by atomic mass is 10.0. The van der Waals surface area contributed by atoms with Crippen molar-refractivity contribution in [2.45, 2.75) is 19.3 Å². The van der Waals surface area contributed by atoms with Gasteiger partial charge in [-0.25, -0.2) is 9.79 Å². The zero-order valence-electron chi connectivity index (χ0n) is 11.8. The Hall–Kier alpha value is -2.43. The lowest BCUT2D eigenvalue weighted by Crippen LogP contribution is -2.10. The summed E-state index contributed by atoms with van der Waals surface area (Å²) in [5.74, 6) is 0.673. The number of carbonyl (C=O) groups excluding carboxylic acids is 1. The van der Waals surface area contributed by atoms with E-state index in [4.69, 9.17) is 9.47 Å². The molecule has 0 saturated heterocycles. The zero-order valence-corrected chi connectivity index (χ0v) is 11.8. The maximum atomic E-state index is 11.9. The molecule has 0 fully saturated rings. The minimum absolute atomic E-state index is 0.310. The molecule has 0 aromatic carbocycles. The van der Waals surface area contributed by atoms with Crippen molar-refractivity contribution in [3.05, 3.63) is 46.9 Å². The van der Waals surface area contributed by atoms with Crippen LogP contribution in [0.3, 0.4) is 0 Å². The van der Waals surface area contributed by atoms with Gasteiger partial charge in [-0.05, 0) is 37.0 Å². The molecule has 3 aliphatic rings. The first-order valence-electron chi connectivity index (χ1n) is 6.94. The number of carbonyl (C=O) groups is 1. The van der Waals surface area contributed by atoms with Crippen LogP contribution < -0.4 is 0 Å². The molecular weight excluding hydrogens is 268 g/mol. The van der Waals surface area contributed by atoms with Crippen LogP contribution in [0.5, 0.6) is 0 Å². The van der Waals surface area contributed by atoms with E-state index in [9.17, 15) is 4.79 Å². The first-order chi connectivity index (χ1) is 10.3. The van der Waals surface area contributed by atoms with Crippen LogP contribution in [0.2, 0.25) is 0 Å². The Morgan fingerprint density at radius 1 is 1.38 bits per heavy atom. The van der Waals surface area contributed by atoms with Gasteiger partial charge in [0, 0.05) is 12.8 Å². The van der Waals surface area contributed by atoms with Crippen molar-refractivity contribution in [3.8, 4) is 0 Å². The molecule has 0 saturated carbocycles. The van der Waals surface area contributed by atoms with E-state index in [1.165, 1.54) is 0 Å². The fraction of sp³-hybridized carbons (Fsp3) is 0.312. The summed E-state index contributed by atoms with van der Waals surface area (Å²) in [6.45, 7) is 0.768. The number of methoxy groups -OCH3 is 1. The highest BCUT2D eigenvalue weighted by Crippen LogP contribution is 2.25. The van der Waals surface area contributed by atoms with E-state index < -0.39 is 5.97 Å². The Morgan fingerprint density at radius 3 is 3.05 bits per heavy atom. The number of rotatable bonds is 3. The van der Waals surface area contributed by atoms with E-state index in [0.717, 1.165) is 42.7 Å². The van der Waals surface area contributed by atoms with Crippen molar-refractivity contribution < 1.29 is 14.3 Å². The van der Waals surface area contributed by atoms with Crippen LogP contribution >= 0.6 is 0 Å². The number of nitrogens with zero attached hydrogens (tertiary/aromatic N) is 2. The molecule has 0 spiro atoms. The third kappa shape index (κ3) is 2.86. The van der Waals surface area contributed by atoms with Gasteiger partial charge in [-0.3, -0.25) is 4.99 Å². The highest BCUT2D eigenvalue weighted by atomic mass is 16.6. The normalized spacial score (nSPS) is 23.3. The van der Waals surface area contributed by atoms with Crippen molar-refractivity contribution in [2.75, 3.05) is 13.7 Å². The van der Waals surface area contributed by atoms with Crippen molar-refractivity contribution in [1.29, 1.82) is 0 Å². The molecule has 0 amide bonds. The molecule has 3 rings (SSSR count). The number of ether oxygens (including phenoxy) is 2. The molecule has 0 unspecified atom stereocenters. The topological polar surface area (TPSA) is 60.3 Å². The number of hydrogen-bond donors (Lipinski definition) is 0. The summed E-state index contributed by atoms with van der Waals surface area (Å²) in [7, 11) is 1.62. The third-order valence-electron chi connectivity index (χ3n) is 3.42. The summed E-state index contributed by atoms with van der Waals surface area (Å²) in [6, 6.07) is 0. The largest absolute Gasteiger partial charge is 0.496 e. The van der Waals surface area contributed by atoms with Crippen LogP contribution in [0.15, 0.2) is 56.9 Å². The van der Waals surface area contributed by atoms with Gasteiger partial charge < -0.3 is 9.47 Å². The minimum Gasteiger partial charge on any atom is -0.496 e. The van der Waals surface area contributed by atoms with E-state index in [0.29, 0.717) is 11.6 Å². The molecule has 5 nitrogen and oxygen atoms in total. The Labute approximate surface area is 123 Å². The van der Waals surface area contributed by atoms with Gasteiger partial charge in [-0.15, -0.1) is 0 Å². The second-order valence-corrected chi connectivity index (χ2v) is 4.85. The van der Waals surface area contributed by atoms with Crippen LogP contribution in [-0.2, 0) is 14.3 Å². The number of allylic oxidation sites excluding steroid dienone is 4. The fourth-order valence-electron chi connectivity index (χ4n) is 2.35. The molecular formula is C16H16N2O3. The van der Waals surface area contributed by atoms with Crippen LogP contribution in [0.4, 0.5) is 0 Å². The maximum absolute atomic E-state index is 11.9. The van der Waals surface area contributed by atoms with Gasteiger partial charge in [0.15, 0.2) is 5.70 Å². The predicted molar refractivity (Wildman–Crippen MR) is 80.1 cm³/mol. The number of cyclic esters (lactones) is 1. The number of esters is 1. The molecule has 2 aliphatic heterocycles. The Bertz CT molecular complexity index is 648. The molecule has 2 heterocycles. The SMILES string of the molecule is COC1=C(/C=C2\N=C(C3=CCCN=C3)OC2=O)CCC=C1. The molecule has 0 N–H and O–H groups in total. The van der Waals surface area contributed by atoms with Gasteiger partial charge >= 0.3 is 5.97 Å². The number of aliphatic imine (C=N–C) groups is 2. The lowest BCUT2D eigenvalue weighted by Gasteiger charge is -2.11. The molecule has 1 aliphatic carbocycles. The summed E-state index contributed by atoms with van der Waals surface area (Å²) in [5, 5.41) is 0. The Balaban J connectivity index is 1.90. The smallest absolute Gasteiger partial charge is 0.363 e. The van der Waals surface area contributed by atoms with Gasteiger partial charge in [0.1, 0.15) is 5.76 Å². The van der Waals surface area contributed by atoms with Gasteiger partial charge in [0.25, 0.3) is 0 Å². The summed E-state index contributed by atoms with van der Waals surface area (Å²) in [4.78, 5) is 20.4. The monoisotopic (exact) mass is 284 g/mol. The van der Waals surface area contributed by atoms with Crippen molar-refractivity contribution in [3.63, 3.8) is 0 Å². The highest BCUT2D eigenvalue weighted by Gasteiger charge is 2.26. The average Bonchev–Trinajstić information content (AvgIpc) is 2.90. The quantitative estimate of drug-likeness (QED) is 0.591. The first kappa shape index (κ1) is 13.5. The minimum atomic E-state index is -0.428. The second-order valence-electron chi connectivity index (χ2n) is 4.85. The maximum Gasteiger partial charge on any atom is 0.363 e. The van der Waals surface area contributed by atoms with Crippen LogP contribution in [0, 0.1) is 0 Å². The molecule has 0 aromatic heterocycles. The average molecular weight is 284 g/mol. The molecule has 0 atom stereocenters. The van der Waals surface area contributed by atoms with E-state index in [-0.39, 0.29) is 0 Å². The van der Waals surface area contributed by atoms with E-state index in [1.807, 2.05) is 18.2 Å². The lowest BCUT2D eigenvalue weighted by molar-refractivity contribution is -0.130. The van der Waals surface area contributed by atoms with Crippen LogP contribution in [0.25, 0.3) is 0 Å². The van der Waals surface area contributed by atoms with E-state index in [1.54, 1.807) is 19.4 Å². The van der Waals surface area contributed by atoms with Gasteiger partial charge in [-0.2, -0.15) is 0 Å². The van der Waals surface area contributed by atoms with Crippen LogP contribution in [-0.4, -0.2) is 31.7 Å². The van der Waals surface area contributed by atoms with E-state index in [2.05, 4.69) is 9.98 Å². The molecule has 0 bridgehead atoms. The van der Waals surface area contributed by atoms with Crippen LogP contribution in [0.1, 0.15) is 19.3 Å². The van der Waals surface area contributed by atoms with Crippen molar-refractivity contribution in [2.24, 2.45) is 9.98 Å².